The maximum Gasteiger partial charge on any atom is 0.226 e. The van der Waals surface area contributed by atoms with Gasteiger partial charge in [-0.05, 0) is 93.5 Å². The Hall–Kier alpha value is -0.830. The molecule has 0 N–H and O–H groups in total. The van der Waals surface area contributed by atoms with Crippen molar-refractivity contribution in [2.45, 2.75) is 98.8 Å². The lowest BCUT2D eigenvalue weighted by molar-refractivity contribution is -0.137. The average Bonchev–Trinajstić information content (AvgIpc) is 3.10. The molecular formula is C30H52N2O. The number of amides is 1. The van der Waals surface area contributed by atoms with Gasteiger partial charge < -0.3 is 9.80 Å². The Morgan fingerprint density at radius 1 is 1.06 bits per heavy atom. The number of hydrogen-bond donors (Lipinski definition) is 0. The van der Waals surface area contributed by atoms with Gasteiger partial charge in [0.05, 0.1) is 0 Å². The normalized spacial score (nSPS) is 39.4. The summed E-state index contributed by atoms with van der Waals surface area (Å²) < 4.78 is 0. The highest BCUT2D eigenvalue weighted by atomic mass is 16.2. The zero-order valence-corrected chi connectivity index (χ0v) is 22.8. The van der Waals surface area contributed by atoms with E-state index in [0.717, 1.165) is 61.4 Å². The van der Waals surface area contributed by atoms with Gasteiger partial charge in [-0.15, -0.1) is 0 Å². The summed E-state index contributed by atoms with van der Waals surface area (Å²) >= 11 is 0. The minimum atomic E-state index is 0.200. The standard InChI is InChI=1S/C30H52N2O/c1-21(2)9-8-10-22(3)24-12-13-25-23-11-14-27-30(5,26(23)15-17-29(24,25)4)18-16-28(33)32(27)20-19-31(6)7/h14,21-26H,8-13,15-20H2,1-7H3/t22-,23+,24-,25+,26+,29-,30-/m1/s1. The number of likely N-dealkylation sites (tertiary alicyclic amines) is 1. The number of allylic oxidation sites excluding steroid dienone is 2. The second-order valence-electron chi connectivity index (χ2n) is 13.5. The highest BCUT2D eigenvalue weighted by molar-refractivity contribution is 5.80. The first-order valence-corrected chi connectivity index (χ1v) is 14.2. The summed E-state index contributed by atoms with van der Waals surface area (Å²) in [7, 11) is 4.22. The number of piperidine rings is 1. The number of hydrogen-bond acceptors (Lipinski definition) is 2. The van der Waals surface area contributed by atoms with Crippen LogP contribution in [-0.4, -0.2) is 42.9 Å². The van der Waals surface area contributed by atoms with Gasteiger partial charge in [-0.1, -0.05) is 60.0 Å². The SMILES string of the molecule is CC(C)CCC[C@@H](C)[C@H]1CC[C@H]2[C@@H]3CC=C4N(CCN(C)C)C(=O)CC[C@]4(C)[C@H]3CC[C@]12C. The number of nitrogens with zero attached hydrogens (tertiary/aromatic N) is 2. The molecule has 188 valence electrons. The van der Waals surface area contributed by atoms with Crippen LogP contribution in [0.4, 0.5) is 0 Å². The average molecular weight is 457 g/mol. The smallest absolute Gasteiger partial charge is 0.226 e. The van der Waals surface area contributed by atoms with Gasteiger partial charge in [-0.2, -0.15) is 0 Å². The van der Waals surface area contributed by atoms with Crippen molar-refractivity contribution in [3.05, 3.63) is 11.8 Å². The topological polar surface area (TPSA) is 23.6 Å². The fourth-order valence-electron chi connectivity index (χ4n) is 9.02. The molecule has 3 nitrogen and oxygen atoms in total. The molecule has 0 radical (unpaired) electrons. The summed E-state index contributed by atoms with van der Waals surface area (Å²) in [5.74, 6) is 5.46. The third kappa shape index (κ3) is 4.57. The fourth-order valence-corrected chi connectivity index (χ4v) is 9.02. The molecule has 3 heteroatoms. The fraction of sp³-hybridized carbons (Fsp3) is 0.900. The van der Waals surface area contributed by atoms with Crippen molar-refractivity contribution in [2.75, 3.05) is 27.2 Å². The van der Waals surface area contributed by atoms with Crippen molar-refractivity contribution in [3.8, 4) is 0 Å². The van der Waals surface area contributed by atoms with Gasteiger partial charge in [0, 0.05) is 30.6 Å². The zero-order chi connectivity index (χ0) is 24.0. The van der Waals surface area contributed by atoms with E-state index >= 15 is 0 Å². The first-order valence-electron chi connectivity index (χ1n) is 14.2. The zero-order valence-electron chi connectivity index (χ0n) is 22.8. The van der Waals surface area contributed by atoms with Crippen molar-refractivity contribution >= 4 is 5.91 Å². The second-order valence-corrected chi connectivity index (χ2v) is 13.5. The van der Waals surface area contributed by atoms with Crippen LogP contribution in [0.3, 0.4) is 0 Å². The van der Waals surface area contributed by atoms with Crippen LogP contribution in [0.5, 0.6) is 0 Å². The van der Waals surface area contributed by atoms with Crippen molar-refractivity contribution in [2.24, 2.45) is 46.3 Å². The molecule has 0 unspecified atom stereocenters. The van der Waals surface area contributed by atoms with E-state index in [-0.39, 0.29) is 5.41 Å². The number of likely N-dealkylation sites (N-methyl/N-ethyl adjacent to an activating group) is 1. The molecule has 1 heterocycles. The van der Waals surface area contributed by atoms with Gasteiger partial charge in [0.25, 0.3) is 0 Å². The summed E-state index contributed by atoms with van der Waals surface area (Å²) in [5.41, 5.74) is 2.13. The third-order valence-corrected chi connectivity index (χ3v) is 10.8. The van der Waals surface area contributed by atoms with E-state index in [0.29, 0.717) is 11.3 Å². The Morgan fingerprint density at radius 3 is 2.52 bits per heavy atom. The Kier molecular flexibility index (Phi) is 7.40. The highest BCUT2D eigenvalue weighted by Crippen LogP contribution is 2.67. The van der Waals surface area contributed by atoms with E-state index in [4.69, 9.17) is 0 Å². The van der Waals surface area contributed by atoms with Crippen LogP contribution >= 0.6 is 0 Å². The molecule has 7 atom stereocenters. The van der Waals surface area contributed by atoms with Crippen molar-refractivity contribution in [1.82, 2.24) is 9.80 Å². The van der Waals surface area contributed by atoms with E-state index in [1.807, 2.05) is 0 Å². The number of carbonyl (C=O) groups excluding carboxylic acids is 1. The molecule has 4 rings (SSSR count). The van der Waals surface area contributed by atoms with E-state index in [2.05, 4.69) is 64.6 Å². The van der Waals surface area contributed by atoms with E-state index in [9.17, 15) is 4.79 Å². The Bertz CT molecular complexity index is 742. The molecule has 0 aromatic heterocycles. The first-order chi connectivity index (χ1) is 15.6. The van der Waals surface area contributed by atoms with E-state index in [1.165, 1.54) is 57.1 Å². The van der Waals surface area contributed by atoms with Gasteiger partial charge in [0.1, 0.15) is 0 Å². The quantitative estimate of drug-likeness (QED) is 0.393. The van der Waals surface area contributed by atoms with Gasteiger partial charge >= 0.3 is 0 Å². The monoisotopic (exact) mass is 456 g/mol. The van der Waals surface area contributed by atoms with E-state index in [1.54, 1.807) is 0 Å². The lowest BCUT2D eigenvalue weighted by Gasteiger charge is -2.59. The molecule has 0 bridgehead atoms. The number of rotatable bonds is 8. The molecular weight excluding hydrogens is 404 g/mol. The second kappa shape index (κ2) is 9.67. The largest absolute Gasteiger partial charge is 0.315 e. The van der Waals surface area contributed by atoms with Gasteiger partial charge in [-0.3, -0.25) is 4.79 Å². The van der Waals surface area contributed by atoms with Crippen LogP contribution in [0.1, 0.15) is 98.8 Å². The summed E-state index contributed by atoms with van der Waals surface area (Å²) in [6, 6.07) is 0. The molecule has 4 aliphatic rings. The summed E-state index contributed by atoms with van der Waals surface area (Å²) in [6.07, 6.45) is 15.4. The Labute approximate surface area is 204 Å². The number of carbonyl (C=O) groups is 1. The van der Waals surface area contributed by atoms with Crippen LogP contribution in [0.15, 0.2) is 11.8 Å². The van der Waals surface area contributed by atoms with Crippen LogP contribution in [-0.2, 0) is 4.79 Å². The summed E-state index contributed by atoms with van der Waals surface area (Å²) in [6.45, 7) is 14.3. The predicted molar refractivity (Wildman–Crippen MR) is 139 cm³/mol. The maximum absolute atomic E-state index is 12.9. The van der Waals surface area contributed by atoms with Gasteiger partial charge in [-0.25, -0.2) is 0 Å². The molecule has 33 heavy (non-hydrogen) atoms. The highest BCUT2D eigenvalue weighted by Gasteiger charge is 2.60. The summed E-state index contributed by atoms with van der Waals surface area (Å²) in [5, 5.41) is 0. The molecule has 1 amide bonds. The molecule has 2 saturated carbocycles. The van der Waals surface area contributed by atoms with Crippen LogP contribution in [0.25, 0.3) is 0 Å². The molecule has 0 spiro atoms. The Balaban J connectivity index is 1.51. The lowest BCUT2D eigenvalue weighted by atomic mass is 9.48. The maximum atomic E-state index is 12.9. The minimum absolute atomic E-state index is 0.200. The van der Waals surface area contributed by atoms with Crippen molar-refractivity contribution < 1.29 is 4.79 Å². The molecule has 3 fully saturated rings. The first kappa shape index (κ1) is 25.3. The summed E-state index contributed by atoms with van der Waals surface area (Å²) in [4.78, 5) is 17.3. The van der Waals surface area contributed by atoms with Crippen molar-refractivity contribution in [1.29, 1.82) is 0 Å². The van der Waals surface area contributed by atoms with Gasteiger partial charge in [0.15, 0.2) is 0 Å². The van der Waals surface area contributed by atoms with Crippen LogP contribution in [0, 0.1) is 46.3 Å². The molecule has 1 saturated heterocycles. The van der Waals surface area contributed by atoms with Crippen molar-refractivity contribution in [3.63, 3.8) is 0 Å². The van der Waals surface area contributed by atoms with E-state index < -0.39 is 0 Å². The molecule has 0 aromatic rings. The molecule has 3 aliphatic carbocycles. The molecule has 1 aliphatic heterocycles. The van der Waals surface area contributed by atoms with Crippen LogP contribution in [0.2, 0.25) is 0 Å². The van der Waals surface area contributed by atoms with Gasteiger partial charge in [0.2, 0.25) is 5.91 Å². The third-order valence-electron chi connectivity index (χ3n) is 10.8. The minimum Gasteiger partial charge on any atom is -0.315 e. The van der Waals surface area contributed by atoms with Crippen LogP contribution < -0.4 is 0 Å². The number of fused-ring (bicyclic) bond motifs is 5. The molecule has 0 aromatic carbocycles. The lowest BCUT2D eigenvalue weighted by Crippen LogP contribution is -2.55. The Morgan fingerprint density at radius 2 is 1.82 bits per heavy atom. The predicted octanol–water partition coefficient (Wildman–Crippen LogP) is 6.99.